The molecule has 1 amide bonds. The molecule has 2 N–H and O–H groups in total. The number of rotatable bonds is 6. The number of hydrogen-bond donors (Lipinski definition) is 2. The van der Waals surface area contributed by atoms with Gasteiger partial charge in [-0.3, -0.25) is 14.2 Å². The highest BCUT2D eigenvalue weighted by molar-refractivity contribution is 7.12. The first kappa shape index (κ1) is 22.2. The van der Waals surface area contributed by atoms with Crippen LogP contribution in [0.1, 0.15) is 16.8 Å². The quantitative estimate of drug-likeness (QED) is 0.504. The molecule has 1 fully saturated rings. The summed E-state index contributed by atoms with van der Waals surface area (Å²) in [7, 11) is 0. The second-order valence-corrected chi connectivity index (χ2v) is 8.91. The molecule has 1 unspecified atom stereocenters. The van der Waals surface area contributed by atoms with Gasteiger partial charge in [0.15, 0.2) is 22.4 Å². The van der Waals surface area contributed by atoms with E-state index >= 15 is 0 Å². The van der Waals surface area contributed by atoms with Gasteiger partial charge in [-0.2, -0.15) is 0 Å². The Bertz CT molecular complexity index is 1350. The Balaban J connectivity index is 1.39. The summed E-state index contributed by atoms with van der Waals surface area (Å²) in [6, 6.07) is 0.998. The van der Waals surface area contributed by atoms with Crippen molar-refractivity contribution < 1.29 is 23.8 Å². The summed E-state index contributed by atoms with van der Waals surface area (Å²) in [5.41, 5.74) is -1.24. The average Bonchev–Trinajstić information content (AvgIpc) is 3.33. The van der Waals surface area contributed by atoms with Crippen molar-refractivity contribution in [3.8, 4) is 5.13 Å². The Kier molecular flexibility index (Phi) is 5.84. The highest BCUT2D eigenvalue weighted by Gasteiger charge is 2.35. The summed E-state index contributed by atoms with van der Waals surface area (Å²) in [6.07, 6.45) is 7.32. The molecule has 34 heavy (non-hydrogen) atoms. The Hall–Kier alpha value is -3.64. The van der Waals surface area contributed by atoms with Crippen LogP contribution in [0.15, 0.2) is 40.8 Å². The van der Waals surface area contributed by atoms with Gasteiger partial charge in [0.2, 0.25) is 11.3 Å². The smallest absolute Gasteiger partial charge is 0.341 e. The lowest BCUT2D eigenvalue weighted by atomic mass is 9.98. The number of halogens is 1. The van der Waals surface area contributed by atoms with E-state index < -0.39 is 22.8 Å². The maximum Gasteiger partial charge on any atom is 0.341 e. The molecule has 3 aromatic heterocycles. The molecule has 0 saturated carbocycles. The summed E-state index contributed by atoms with van der Waals surface area (Å²) < 4.78 is 21.9. The molecule has 0 spiro atoms. The third-order valence-electron chi connectivity index (χ3n) is 5.82. The van der Waals surface area contributed by atoms with Crippen LogP contribution >= 0.6 is 11.3 Å². The molecule has 5 rings (SSSR count). The van der Waals surface area contributed by atoms with Crippen molar-refractivity contribution in [2.45, 2.75) is 12.5 Å². The summed E-state index contributed by atoms with van der Waals surface area (Å²) in [5, 5.41) is 14.2. The molecular formula is C22H20FN5O5S. The number of carbonyl (C=O) groups excluding carboxylic acids is 1. The highest BCUT2D eigenvalue weighted by atomic mass is 32.1. The number of hydrogen-bond acceptors (Lipinski definition) is 8. The summed E-state index contributed by atoms with van der Waals surface area (Å²) >= 11 is 1.22. The Labute approximate surface area is 196 Å². The van der Waals surface area contributed by atoms with Gasteiger partial charge in [-0.15, -0.1) is 11.3 Å². The minimum absolute atomic E-state index is 0.00918. The second kappa shape index (κ2) is 8.95. The Morgan fingerprint density at radius 1 is 1.32 bits per heavy atom. The van der Waals surface area contributed by atoms with Gasteiger partial charge in [-0.05, 0) is 12.5 Å². The molecule has 2 aliphatic rings. The van der Waals surface area contributed by atoms with Crippen LogP contribution < -0.4 is 15.6 Å². The van der Waals surface area contributed by atoms with Crippen molar-refractivity contribution in [3.05, 3.63) is 57.6 Å². The molecule has 1 atom stereocenters. The van der Waals surface area contributed by atoms with E-state index in [-0.39, 0.29) is 47.9 Å². The van der Waals surface area contributed by atoms with Gasteiger partial charge in [-0.1, -0.05) is 12.2 Å². The van der Waals surface area contributed by atoms with E-state index in [4.69, 9.17) is 4.74 Å². The molecule has 176 valence electrons. The Morgan fingerprint density at radius 2 is 2.15 bits per heavy atom. The topological polar surface area (TPSA) is 127 Å². The van der Waals surface area contributed by atoms with Crippen LogP contribution in [-0.4, -0.2) is 63.9 Å². The molecule has 1 saturated heterocycles. The fourth-order valence-electron chi connectivity index (χ4n) is 3.96. The number of carbonyl (C=O) groups is 2. The number of nitrogens with one attached hydrogen (secondary N) is 1. The number of carboxylic acids is 1. The van der Waals surface area contributed by atoms with E-state index in [9.17, 15) is 23.9 Å². The van der Waals surface area contributed by atoms with Crippen LogP contribution in [0.5, 0.6) is 0 Å². The molecule has 0 radical (unpaired) electrons. The third kappa shape index (κ3) is 4.05. The first-order valence-electron chi connectivity index (χ1n) is 10.6. The standard InChI is InChI=1S/C22H20FN5O5S/c23-16-7-14-17(29)15(21(31)32)11-28(22-24-4-6-34-22)18(14)26-19(16)27-9-12(10-27)20(30)25-8-13-3-1-2-5-33-13/h1-2,4,6-7,11-13H,3,5,8-10H2,(H,25,30)(H,31,32). The molecule has 3 aromatic rings. The van der Waals surface area contributed by atoms with Gasteiger partial charge in [-0.25, -0.2) is 19.2 Å². The first-order valence-corrected chi connectivity index (χ1v) is 11.5. The monoisotopic (exact) mass is 485 g/mol. The van der Waals surface area contributed by atoms with Crippen molar-refractivity contribution >= 4 is 40.1 Å². The fraction of sp³-hybridized carbons (Fsp3) is 0.318. The van der Waals surface area contributed by atoms with E-state index in [2.05, 4.69) is 15.3 Å². The number of pyridine rings is 2. The van der Waals surface area contributed by atoms with Crippen molar-refractivity contribution in [2.75, 3.05) is 31.1 Å². The van der Waals surface area contributed by atoms with Gasteiger partial charge < -0.3 is 20.1 Å². The number of amides is 1. The molecule has 12 heteroatoms. The van der Waals surface area contributed by atoms with Crippen molar-refractivity contribution in [3.63, 3.8) is 0 Å². The number of fused-ring (bicyclic) bond motifs is 1. The zero-order valence-electron chi connectivity index (χ0n) is 17.8. The number of anilines is 1. The van der Waals surface area contributed by atoms with E-state index in [0.717, 1.165) is 18.7 Å². The molecule has 0 aliphatic carbocycles. The molecule has 2 aliphatic heterocycles. The van der Waals surface area contributed by atoms with Crippen LogP contribution in [0.3, 0.4) is 0 Å². The predicted molar refractivity (Wildman–Crippen MR) is 122 cm³/mol. The third-order valence-corrected chi connectivity index (χ3v) is 6.59. The Morgan fingerprint density at radius 3 is 2.82 bits per heavy atom. The largest absolute Gasteiger partial charge is 0.477 e. The lowest BCUT2D eigenvalue weighted by Gasteiger charge is -2.39. The number of nitrogens with zero attached hydrogens (tertiary/aromatic N) is 4. The van der Waals surface area contributed by atoms with Gasteiger partial charge in [0.1, 0.15) is 5.56 Å². The first-order chi connectivity index (χ1) is 16.4. The normalized spacial score (nSPS) is 18.1. The molecule has 0 bridgehead atoms. The number of thiazole rings is 1. The van der Waals surface area contributed by atoms with Gasteiger partial charge in [0.25, 0.3) is 0 Å². The zero-order valence-corrected chi connectivity index (χ0v) is 18.6. The predicted octanol–water partition coefficient (Wildman–Crippen LogP) is 1.58. The second-order valence-electron chi connectivity index (χ2n) is 8.04. The highest BCUT2D eigenvalue weighted by Crippen LogP contribution is 2.29. The summed E-state index contributed by atoms with van der Waals surface area (Å²) in [6.45, 7) is 1.47. The molecule has 5 heterocycles. The van der Waals surface area contributed by atoms with E-state index in [0.29, 0.717) is 18.3 Å². The number of carboxylic acid groups (broad SMARTS) is 1. The van der Waals surface area contributed by atoms with Crippen LogP contribution in [-0.2, 0) is 9.53 Å². The van der Waals surface area contributed by atoms with Crippen molar-refractivity contribution in [1.29, 1.82) is 0 Å². The van der Waals surface area contributed by atoms with E-state index in [1.807, 2.05) is 12.2 Å². The molecule has 10 nitrogen and oxygen atoms in total. The maximum absolute atomic E-state index is 15.0. The fourth-order valence-corrected chi connectivity index (χ4v) is 4.58. The zero-order chi connectivity index (χ0) is 23.8. The average molecular weight is 485 g/mol. The molecule has 0 aromatic carbocycles. The maximum atomic E-state index is 15.0. The minimum Gasteiger partial charge on any atom is -0.477 e. The SMILES string of the molecule is O=C(O)c1cn(-c2nccs2)c2nc(N3CC(C(=O)NCC4CC=CCO4)C3)c(F)cc2c1=O. The van der Waals surface area contributed by atoms with E-state index in [1.165, 1.54) is 22.1 Å². The molecular weight excluding hydrogens is 465 g/mol. The van der Waals surface area contributed by atoms with Gasteiger partial charge in [0.05, 0.1) is 24.0 Å². The van der Waals surface area contributed by atoms with Crippen LogP contribution in [0.4, 0.5) is 10.2 Å². The van der Waals surface area contributed by atoms with Crippen LogP contribution in [0, 0.1) is 11.7 Å². The minimum atomic E-state index is -1.42. The van der Waals surface area contributed by atoms with Gasteiger partial charge in [0, 0.05) is 37.4 Å². The number of ether oxygens (including phenoxy) is 1. The van der Waals surface area contributed by atoms with Gasteiger partial charge >= 0.3 is 5.97 Å². The lowest BCUT2D eigenvalue weighted by molar-refractivity contribution is -0.126. The van der Waals surface area contributed by atoms with Crippen molar-refractivity contribution in [2.24, 2.45) is 5.92 Å². The lowest BCUT2D eigenvalue weighted by Crippen LogP contribution is -2.55. The summed E-state index contributed by atoms with van der Waals surface area (Å²) in [5.74, 6) is -2.66. The van der Waals surface area contributed by atoms with E-state index in [1.54, 1.807) is 10.3 Å². The number of aromatic carboxylic acids is 1. The van der Waals surface area contributed by atoms with Crippen molar-refractivity contribution in [1.82, 2.24) is 19.9 Å². The number of aromatic nitrogens is 3. The van der Waals surface area contributed by atoms with Crippen LogP contribution in [0.2, 0.25) is 0 Å². The van der Waals surface area contributed by atoms with Crippen LogP contribution in [0.25, 0.3) is 16.2 Å². The summed E-state index contributed by atoms with van der Waals surface area (Å²) in [4.78, 5) is 46.8.